The topological polar surface area (TPSA) is 183 Å². The quantitative estimate of drug-likeness (QED) is 0.0682. The van der Waals surface area contributed by atoms with Crippen LogP contribution in [0.5, 0.6) is 0 Å². The third-order valence-corrected chi connectivity index (χ3v) is 8.47. The number of carbonyl (C=O) groups is 1. The van der Waals surface area contributed by atoms with Crippen LogP contribution in [0.1, 0.15) is 16.8 Å². The zero-order valence-corrected chi connectivity index (χ0v) is 29.3. The van der Waals surface area contributed by atoms with Gasteiger partial charge in [-0.15, -0.1) is 0 Å². The number of carbonyl (C=O) groups excluding carboxylic acids is 1. The molecule has 2 aliphatic heterocycles. The second kappa shape index (κ2) is 12.6. The molecule has 0 saturated carbocycles. The molecule has 0 saturated heterocycles. The van der Waals surface area contributed by atoms with Crippen LogP contribution in [0.2, 0.25) is 0 Å². The molecule has 1 amide bonds. The van der Waals surface area contributed by atoms with Crippen molar-refractivity contribution in [2.75, 3.05) is 13.1 Å². The standard InChI is InChI=1S/C36H23N12O.Zn/c37-48-39-17-7-16-38-36(49)19-14-15-26-27(18-19)35-46-33-25-13-6-5-12-24(25)31(44-33)42-29-21-9-2-1-8-20(21)28(40-29)41-30-22-10-3-4-11-23(22)32(43-30)45-34(26)47-35;/h1-6,8-15,18H,7,16-17H2,(H2-,38,40,41,42,43,44,45,46,47,49);/q-1;+2/p-1. The molecule has 50 heavy (non-hydrogen) atoms. The normalized spacial score (nSPS) is 11.4. The molecule has 13 nitrogen and oxygen atoms in total. The van der Waals surface area contributed by atoms with Crippen molar-refractivity contribution in [1.82, 2.24) is 45.2 Å². The van der Waals surface area contributed by atoms with E-state index in [2.05, 4.69) is 15.3 Å². The number of hydrogen-bond acceptors (Lipinski definition) is 8. The van der Waals surface area contributed by atoms with Gasteiger partial charge in [0.15, 0.2) is 0 Å². The number of rotatable bonds is 5. The van der Waals surface area contributed by atoms with Gasteiger partial charge in [-0.05, 0) is 45.6 Å². The van der Waals surface area contributed by atoms with Gasteiger partial charge in [0.25, 0.3) is 5.91 Å². The molecule has 4 aromatic carbocycles. The molecule has 0 aliphatic carbocycles. The Morgan fingerprint density at radius 1 is 0.620 bits per heavy atom. The van der Waals surface area contributed by atoms with Crippen molar-refractivity contribution in [2.24, 2.45) is 5.11 Å². The molecule has 0 atom stereocenters. The molecule has 7 aromatic rings. The molecule has 0 radical (unpaired) electrons. The van der Waals surface area contributed by atoms with Crippen molar-refractivity contribution in [1.29, 1.82) is 0 Å². The zero-order chi connectivity index (χ0) is 32.9. The number of hydrogen-bond donors (Lipinski definition) is 1. The van der Waals surface area contributed by atoms with E-state index in [1.165, 1.54) is 0 Å². The molecular formula is C36H22N12OZn. The second-order valence-corrected chi connectivity index (χ2v) is 11.4. The molecule has 5 heterocycles. The maximum Gasteiger partial charge on any atom is 2.00 e. The van der Waals surface area contributed by atoms with Gasteiger partial charge in [-0.25, -0.2) is 9.97 Å². The van der Waals surface area contributed by atoms with Crippen molar-refractivity contribution in [3.63, 3.8) is 0 Å². The van der Waals surface area contributed by atoms with Gasteiger partial charge in [0.2, 0.25) is 0 Å². The van der Waals surface area contributed by atoms with Crippen LogP contribution in [0.4, 0.5) is 0 Å². The van der Waals surface area contributed by atoms with Crippen LogP contribution in [-0.2, 0) is 19.5 Å². The zero-order valence-electron chi connectivity index (χ0n) is 26.3. The summed E-state index contributed by atoms with van der Waals surface area (Å²) in [6.45, 7) is 0.657. The van der Waals surface area contributed by atoms with Gasteiger partial charge in [-0.2, -0.15) is 0 Å². The van der Waals surface area contributed by atoms with Gasteiger partial charge in [0.1, 0.15) is 0 Å². The summed E-state index contributed by atoms with van der Waals surface area (Å²) in [5.74, 6) is 1.57. The fourth-order valence-electron chi connectivity index (χ4n) is 6.15. The van der Waals surface area contributed by atoms with Crippen LogP contribution >= 0.6 is 0 Å². The van der Waals surface area contributed by atoms with E-state index >= 15 is 0 Å². The van der Waals surface area contributed by atoms with Gasteiger partial charge >= 0.3 is 19.5 Å². The number of amides is 1. The Morgan fingerprint density at radius 2 is 1.06 bits per heavy atom. The number of benzene rings is 4. The molecule has 9 rings (SSSR count). The van der Waals surface area contributed by atoms with Crippen LogP contribution in [0.15, 0.2) is 96.1 Å². The molecule has 2 aliphatic rings. The van der Waals surface area contributed by atoms with Crippen molar-refractivity contribution >= 4 is 50.0 Å². The fraction of sp³-hybridized carbons (Fsp3) is 0.0833. The molecule has 0 unspecified atom stereocenters. The van der Waals surface area contributed by atoms with Crippen molar-refractivity contribution in [2.45, 2.75) is 6.42 Å². The number of aromatic nitrogens is 8. The first-order chi connectivity index (χ1) is 24.1. The van der Waals surface area contributed by atoms with Crippen LogP contribution in [0.25, 0.3) is 100 Å². The first-order valence-electron chi connectivity index (χ1n) is 15.6. The Balaban J connectivity index is 0.00000361. The monoisotopic (exact) mass is 702 g/mol. The van der Waals surface area contributed by atoms with E-state index in [9.17, 15) is 4.79 Å². The Labute approximate surface area is 295 Å². The maximum absolute atomic E-state index is 13.1. The molecule has 0 fully saturated rings. The molecule has 0 spiro atoms. The third-order valence-electron chi connectivity index (χ3n) is 8.47. The van der Waals surface area contributed by atoms with E-state index in [1.807, 2.05) is 78.9 Å². The van der Waals surface area contributed by atoms with Crippen molar-refractivity contribution in [3.8, 4) is 45.6 Å². The first-order valence-corrected chi connectivity index (χ1v) is 15.6. The predicted molar refractivity (Wildman–Crippen MR) is 185 cm³/mol. The fourth-order valence-corrected chi connectivity index (χ4v) is 6.15. The Bertz CT molecular complexity index is 2720. The van der Waals surface area contributed by atoms with Crippen LogP contribution in [0, 0.1) is 0 Å². The van der Waals surface area contributed by atoms with E-state index in [1.54, 1.807) is 12.1 Å². The Morgan fingerprint density at radius 3 is 1.54 bits per heavy atom. The summed E-state index contributed by atoms with van der Waals surface area (Å²) < 4.78 is 0. The number of fused-ring (bicyclic) bond motifs is 20. The Hall–Kier alpha value is -6.36. The van der Waals surface area contributed by atoms with E-state index in [4.69, 9.17) is 45.4 Å². The van der Waals surface area contributed by atoms with Crippen molar-refractivity contribution < 1.29 is 24.3 Å². The number of nitrogens with one attached hydrogen (secondary N) is 1. The van der Waals surface area contributed by atoms with Crippen molar-refractivity contribution in [3.05, 3.63) is 107 Å². The summed E-state index contributed by atoms with van der Waals surface area (Å²) in [5, 5.41) is 9.42. The van der Waals surface area contributed by atoms with Gasteiger partial charge in [0, 0.05) is 68.4 Å². The van der Waals surface area contributed by atoms with E-state index in [0.29, 0.717) is 81.7 Å². The Kier molecular flexibility index (Phi) is 7.79. The third kappa shape index (κ3) is 5.23. The molecule has 8 bridgehead atoms. The molecule has 14 heteroatoms. The summed E-state index contributed by atoms with van der Waals surface area (Å²) in [7, 11) is 0. The second-order valence-electron chi connectivity index (χ2n) is 11.4. The molecule has 234 valence electrons. The van der Waals surface area contributed by atoms with Gasteiger partial charge in [-0.1, -0.05) is 84.0 Å². The van der Waals surface area contributed by atoms with E-state index in [0.717, 1.165) is 33.0 Å². The minimum atomic E-state index is -0.270. The smallest absolute Gasteiger partial charge is 0.357 e. The molecule has 3 aromatic heterocycles. The summed E-state index contributed by atoms with van der Waals surface area (Å²) in [4.78, 5) is 55.2. The van der Waals surface area contributed by atoms with E-state index < -0.39 is 0 Å². The summed E-state index contributed by atoms with van der Waals surface area (Å²) in [5.41, 5.74) is 13.9. The molecular weight excluding hydrogens is 682 g/mol. The van der Waals surface area contributed by atoms with E-state index in [-0.39, 0.29) is 25.4 Å². The average Bonchev–Trinajstić information content (AvgIpc) is 3.87. The number of nitrogens with zero attached hydrogens (tertiary/aromatic N) is 11. The van der Waals surface area contributed by atoms with Gasteiger partial charge < -0.3 is 35.2 Å². The van der Waals surface area contributed by atoms with Crippen LogP contribution in [0.3, 0.4) is 0 Å². The minimum Gasteiger partial charge on any atom is -0.357 e. The predicted octanol–water partition coefficient (Wildman–Crippen LogP) is 6.56. The number of azide groups is 1. The van der Waals surface area contributed by atoms with Gasteiger partial charge in [0.05, 0.1) is 23.3 Å². The summed E-state index contributed by atoms with van der Waals surface area (Å²) >= 11 is 0. The van der Waals surface area contributed by atoms with Gasteiger partial charge in [-0.3, -0.25) is 4.79 Å². The SMILES string of the molecule is [N-]=[N+]=NCCCNC(=O)c1ccc2c3nc4nc(nc5[n-]c(nc6nc(nc([n-]3)c2c1)-c1ccccc1-6)c1ccccc51)-c1ccccc1-4.[Zn+2]. The minimum absolute atomic E-state index is 0. The molecule has 1 N–H and O–H groups in total. The summed E-state index contributed by atoms with van der Waals surface area (Å²) in [6.07, 6.45) is 0.523. The van der Waals surface area contributed by atoms with Crippen LogP contribution < -0.4 is 15.3 Å². The van der Waals surface area contributed by atoms with Crippen LogP contribution in [-0.4, -0.2) is 48.9 Å². The first kappa shape index (κ1) is 30.9. The largest absolute Gasteiger partial charge is 2.00 e. The average molecular weight is 704 g/mol. The maximum atomic E-state index is 13.1. The summed E-state index contributed by atoms with van der Waals surface area (Å²) in [6, 6.07) is 28.7.